The van der Waals surface area contributed by atoms with Crippen LogP contribution in [0.3, 0.4) is 0 Å². The van der Waals surface area contributed by atoms with Crippen molar-refractivity contribution in [3.05, 3.63) is 11.6 Å². The first-order chi connectivity index (χ1) is 8.34. The van der Waals surface area contributed by atoms with Gasteiger partial charge in [-0.25, -0.2) is 4.79 Å². The standard InChI is InChI=1S/C13H20N2O3/c1-6-8-9(3)13(7-2)10(16)14(4)12(18)15(5)11(13)17/h8H,6-7H2,1-5H3/b9-8-. The fourth-order valence-corrected chi connectivity index (χ4v) is 2.46. The topological polar surface area (TPSA) is 57.7 Å². The van der Waals surface area contributed by atoms with Gasteiger partial charge in [0.15, 0.2) is 0 Å². The van der Waals surface area contributed by atoms with Gasteiger partial charge in [-0.3, -0.25) is 19.4 Å². The maximum atomic E-state index is 12.4. The van der Waals surface area contributed by atoms with E-state index in [-0.39, 0.29) is 0 Å². The van der Waals surface area contributed by atoms with Gasteiger partial charge in [0, 0.05) is 14.1 Å². The van der Waals surface area contributed by atoms with E-state index in [1.54, 1.807) is 13.8 Å². The maximum absolute atomic E-state index is 12.4. The molecular weight excluding hydrogens is 232 g/mol. The van der Waals surface area contributed by atoms with Crippen LogP contribution in [-0.4, -0.2) is 41.7 Å². The van der Waals surface area contributed by atoms with Crippen LogP contribution in [0.4, 0.5) is 4.79 Å². The molecule has 1 saturated heterocycles. The molecule has 0 aromatic heterocycles. The van der Waals surface area contributed by atoms with Gasteiger partial charge in [0.25, 0.3) is 0 Å². The lowest BCUT2D eigenvalue weighted by Crippen LogP contribution is -2.63. The van der Waals surface area contributed by atoms with Crippen LogP contribution in [0.25, 0.3) is 0 Å². The predicted octanol–water partition coefficient (Wildman–Crippen LogP) is 1.79. The second-order valence-corrected chi connectivity index (χ2v) is 4.57. The Kier molecular flexibility index (Phi) is 3.94. The number of carbonyl (C=O) groups is 3. The normalized spacial score (nSPS) is 20.7. The molecule has 1 rings (SSSR count). The quantitative estimate of drug-likeness (QED) is 0.568. The number of imide groups is 2. The fourth-order valence-electron chi connectivity index (χ4n) is 2.46. The van der Waals surface area contributed by atoms with Crippen LogP contribution in [0.15, 0.2) is 11.6 Å². The third-order valence-corrected chi connectivity index (χ3v) is 3.63. The minimum atomic E-state index is -1.21. The summed E-state index contributed by atoms with van der Waals surface area (Å²) in [7, 11) is 2.83. The second-order valence-electron chi connectivity index (χ2n) is 4.57. The molecule has 1 aliphatic heterocycles. The van der Waals surface area contributed by atoms with Crippen molar-refractivity contribution in [3.63, 3.8) is 0 Å². The highest BCUT2D eigenvalue weighted by atomic mass is 16.2. The van der Waals surface area contributed by atoms with Crippen molar-refractivity contribution < 1.29 is 14.4 Å². The zero-order valence-corrected chi connectivity index (χ0v) is 11.6. The molecule has 100 valence electrons. The highest BCUT2D eigenvalue weighted by molar-refractivity contribution is 6.20. The summed E-state index contributed by atoms with van der Waals surface area (Å²) in [5.74, 6) is -0.861. The molecule has 0 radical (unpaired) electrons. The number of hydrogen-bond donors (Lipinski definition) is 0. The Morgan fingerprint density at radius 1 is 1.11 bits per heavy atom. The first-order valence-corrected chi connectivity index (χ1v) is 6.12. The molecule has 1 aliphatic rings. The maximum Gasteiger partial charge on any atom is 0.332 e. The minimum absolute atomic E-state index is 0.356. The Balaban J connectivity index is 3.41. The summed E-state index contributed by atoms with van der Waals surface area (Å²) in [6, 6.07) is -0.571. The number of amides is 4. The molecule has 0 atom stereocenters. The summed E-state index contributed by atoms with van der Waals surface area (Å²) in [5.41, 5.74) is -0.498. The molecule has 1 heterocycles. The van der Waals surface area contributed by atoms with Gasteiger partial charge in [0.05, 0.1) is 0 Å². The SMILES string of the molecule is CC/C=C(/C)C1(CC)C(=O)N(C)C(=O)N(C)C1=O. The number of urea groups is 1. The molecule has 4 amide bonds. The third-order valence-electron chi connectivity index (χ3n) is 3.63. The molecule has 0 aromatic rings. The summed E-state index contributed by atoms with van der Waals surface area (Å²) < 4.78 is 0. The molecule has 5 heteroatoms. The van der Waals surface area contributed by atoms with Crippen LogP contribution in [0.2, 0.25) is 0 Å². The first-order valence-electron chi connectivity index (χ1n) is 6.12. The monoisotopic (exact) mass is 252 g/mol. The Labute approximate surface area is 107 Å². The van der Waals surface area contributed by atoms with Gasteiger partial charge in [-0.15, -0.1) is 0 Å². The van der Waals surface area contributed by atoms with Crippen LogP contribution in [0.1, 0.15) is 33.6 Å². The number of nitrogens with zero attached hydrogens (tertiary/aromatic N) is 2. The Hall–Kier alpha value is -1.65. The smallest absolute Gasteiger partial charge is 0.273 e. The van der Waals surface area contributed by atoms with Crippen molar-refractivity contribution in [3.8, 4) is 0 Å². The van der Waals surface area contributed by atoms with E-state index in [9.17, 15) is 14.4 Å². The van der Waals surface area contributed by atoms with Crippen molar-refractivity contribution in [2.45, 2.75) is 33.6 Å². The Morgan fingerprint density at radius 3 is 1.89 bits per heavy atom. The first kappa shape index (κ1) is 14.4. The second kappa shape index (κ2) is 4.92. The molecule has 0 N–H and O–H groups in total. The minimum Gasteiger partial charge on any atom is -0.273 e. The largest absolute Gasteiger partial charge is 0.332 e. The summed E-state index contributed by atoms with van der Waals surface area (Å²) in [6.45, 7) is 5.52. The van der Waals surface area contributed by atoms with E-state index < -0.39 is 23.3 Å². The molecule has 0 saturated carbocycles. The van der Waals surface area contributed by atoms with Crippen molar-refractivity contribution in [2.24, 2.45) is 5.41 Å². The summed E-state index contributed by atoms with van der Waals surface area (Å²) in [6.07, 6.45) is 2.97. The van der Waals surface area contributed by atoms with Gasteiger partial charge in [-0.1, -0.05) is 25.5 Å². The number of hydrogen-bond acceptors (Lipinski definition) is 3. The van der Waals surface area contributed by atoms with E-state index in [4.69, 9.17) is 0 Å². The highest BCUT2D eigenvalue weighted by Crippen LogP contribution is 2.38. The molecule has 0 bridgehead atoms. The Bertz CT molecular complexity index is 402. The molecule has 0 aromatic carbocycles. The van der Waals surface area contributed by atoms with Gasteiger partial charge in [0.2, 0.25) is 11.8 Å². The lowest BCUT2D eigenvalue weighted by Gasteiger charge is -2.41. The Morgan fingerprint density at radius 2 is 1.56 bits per heavy atom. The van der Waals surface area contributed by atoms with Crippen molar-refractivity contribution in [2.75, 3.05) is 14.1 Å². The van der Waals surface area contributed by atoms with E-state index >= 15 is 0 Å². The van der Waals surface area contributed by atoms with Crippen molar-refractivity contribution >= 4 is 17.8 Å². The number of barbiturate groups is 1. The molecule has 0 spiro atoms. The van der Waals surface area contributed by atoms with E-state index in [0.717, 1.165) is 16.2 Å². The lowest BCUT2D eigenvalue weighted by molar-refractivity contribution is -0.154. The van der Waals surface area contributed by atoms with E-state index in [1.165, 1.54) is 14.1 Å². The van der Waals surface area contributed by atoms with Gasteiger partial charge in [-0.05, 0) is 19.8 Å². The summed E-state index contributed by atoms with van der Waals surface area (Å²) in [4.78, 5) is 38.5. The van der Waals surface area contributed by atoms with Gasteiger partial charge >= 0.3 is 6.03 Å². The van der Waals surface area contributed by atoms with E-state index in [1.807, 2.05) is 13.0 Å². The third kappa shape index (κ3) is 1.74. The average Bonchev–Trinajstić information content (AvgIpc) is 2.36. The van der Waals surface area contributed by atoms with Crippen LogP contribution in [-0.2, 0) is 9.59 Å². The van der Waals surface area contributed by atoms with E-state index in [2.05, 4.69) is 0 Å². The molecule has 0 aliphatic carbocycles. The van der Waals surface area contributed by atoms with Crippen LogP contribution < -0.4 is 0 Å². The zero-order chi connectivity index (χ0) is 14.1. The molecule has 5 nitrogen and oxygen atoms in total. The number of rotatable bonds is 3. The average molecular weight is 252 g/mol. The molecular formula is C13H20N2O3. The van der Waals surface area contributed by atoms with Crippen molar-refractivity contribution in [1.29, 1.82) is 0 Å². The van der Waals surface area contributed by atoms with Crippen LogP contribution in [0, 0.1) is 5.41 Å². The van der Waals surface area contributed by atoms with Gasteiger partial charge in [0.1, 0.15) is 5.41 Å². The predicted molar refractivity (Wildman–Crippen MR) is 67.7 cm³/mol. The number of carbonyl (C=O) groups excluding carboxylic acids is 3. The fraction of sp³-hybridized carbons (Fsp3) is 0.615. The highest BCUT2D eigenvalue weighted by Gasteiger charge is 2.55. The number of allylic oxidation sites excluding steroid dienone is 1. The van der Waals surface area contributed by atoms with Crippen molar-refractivity contribution in [1.82, 2.24) is 9.80 Å². The lowest BCUT2D eigenvalue weighted by atomic mass is 9.74. The van der Waals surface area contributed by atoms with Gasteiger partial charge < -0.3 is 0 Å². The van der Waals surface area contributed by atoms with Crippen LogP contribution >= 0.6 is 0 Å². The molecule has 0 unspecified atom stereocenters. The summed E-state index contributed by atoms with van der Waals surface area (Å²) >= 11 is 0. The zero-order valence-electron chi connectivity index (χ0n) is 11.6. The molecule has 18 heavy (non-hydrogen) atoms. The van der Waals surface area contributed by atoms with Gasteiger partial charge in [-0.2, -0.15) is 0 Å². The summed E-state index contributed by atoms with van der Waals surface area (Å²) in [5, 5.41) is 0. The molecule has 1 fully saturated rings. The van der Waals surface area contributed by atoms with Crippen LogP contribution in [0.5, 0.6) is 0 Å². The van der Waals surface area contributed by atoms with E-state index in [0.29, 0.717) is 12.0 Å².